The van der Waals surface area contributed by atoms with E-state index in [9.17, 15) is 4.79 Å². The van der Waals surface area contributed by atoms with E-state index >= 15 is 0 Å². The van der Waals surface area contributed by atoms with E-state index in [0.29, 0.717) is 5.56 Å². The van der Waals surface area contributed by atoms with Crippen LogP contribution in [-0.4, -0.2) is 12.1 Å². The Morgan fingerprint density at radius 3 is 2.86 bits per heavy atom. The van der Waals surface area contributed by atoms with Crippen molar-refractivity contribution in [3.05, 3.63) is 29.3 Å². The normalized spacial score (nSPS) is 11.6. The summed E-state index contributed by atoms with van der Waals surface area (Å²) in [5.74, 6) is -0.411. The van der Waals surface area contributed by atoms with Gasteiger partial charge in [0.05, 0.1) is 11.3 Å². The number of rotatable bonds is 1. The second-order valence-electron chi connectivity index (χ2n) is 2.69. The Morgan fingerprint density at radius 1 is 1.50 bits per heavy atom. The van der Waals surface area contributed by atoms with E-state index in [1.54, 1.807) is 12.3 Å². The molecule has 0 saturated carbocycles. The second kappa shape index (κ2) is 4.56. The fourth-order valence-corrected chi connectivity index (χ4v) is 1.34. The Balaban J connectivity index is 0.000000617. The van der Waals surface area contributed by atoms with Crippen molar-refractivity contribution in [3.8, 4) is 0 Å². The van der Waals surface area contributed by atoms with Crippen LogP contribution < -0.4 is 5.73 Å². The van der Waals surface area contributed by atoms with Gasteiger partial charge in [0.25, 0.3) is 5.91 Å². The molecule has 0 radical (unpaired) electrons. The topological polar surface area (TPSA) is 55.5 Å². The van der Waals surface area contributed by atoms with E-state index in [-0.39, 0.29) is 1.43 Å². The van der Waals surface area contributed by atoms with E-state index in [4.69, 9.17) is 5.73 Å². The van der Waals surface area contributed by atoms with Crippen LogP contribution in [0.2, 0.25) is 0 Å². The number of fused-ring (bicyclic) bond motifs is 1. The summed E-state index contributed by atoms with van der Waals surface area (Å²) in [6.45, 7) is 4.00. The molecule has 3 nitrogen and oxygen atoms in total. The summed E-state index contributed by atoms with van der Waals surface area (Å²) in [5.41, 5.74) is 7.51. The standard InChI is InChI=1S/C9H8N2O.C2H6.H2/c10-9(12)7-3-1-2-6-4-5-11-8(6)7;1-2;/h1-3,5H,4H2,(H2,10,12);1-2H3;1H. The van der Waals surface area contributed by atoms with Gasteiger partial charge in [-0.3, -0.25) is 9.79 Å². The van der Waals surface area contributed by atoms with E-state index in [0.717, 1.165) is 17.7 Å². The molecular weight excluding hydrogens is 176 g/mol. The molecule has 1 aliphatic heterocycles. The van der Waals surface area contributed by atoms with Gasteiger partial charge in [-0.15, -0.1) is 0 Å². The van der Waals surface area contributed by atoms with Crippen LogP contribution in [0, 0.1) is 0 Å². The third-order valence-electron chi connectivity index (χ3n) is 1.92. The van der Waals surface area contributed by atoms with Gasteiger partial charge in [-0.2, -0.15) is 0 Å². The first-order chi connectivity index (χ1) is 6.79. The lowest BCUT2D eigenvalue weighted by molar-refractivity contribution is 0.100. The monoisotopic (exact) mass is 192 g/mol. The summed E-state index contributed by atoms with van der Waals surface area (Å²) < 4.78 is 0. The molecule has 0 saturated heterocycles. The van der Waals surface area contributed by atoms with E-state index in [1.165, 1.54) is 0 Å². The Morgan fingerprint density at radius 2 is 2.21 bits per heavy atom. The fraction of sp³-hybridized carbons (Fsp3) is 0.273. The largest absolute Gasteiger partial charge is 0.366 e. The van der Waals surface area contributed by atoms with Gasteiger partial charge in [-0.1, -0.05) is 26.0 Å². The quantitative estimate of drug-likeness (QED) is 0.729. The van der Waals surface area contributed by atoms with Crippen LogP contribution in [0.25, 0.3) is 0 Å². The Labute approximate surface area is 85.1 Å². The van der Waals surface area contributed by atoms with Gasteiger partial charge in [-0.05, 0) is 11.6 Å². The number of amides is 1. The highest BCUT2D eigenvalue weighted by Crippen LogP contribution is 2.27. The SMILES string of the molecule is CC.NC(=O)c1cccc2c1N=CC2.[HH]. The molecule has 2 N–H and O–H groups in total. The van der Waals surface area contributed by atoms with E-state index in [1.807, 2.05) is 26.0 Å². The Kier molecular flexibility index (Phi) is 3.40. The third kappa shape index (κ3) is 1.82. The number of hydrogen-bond donors (Lipinski definition) is 1. The molecule has 0 atom stereocenters. The molecule has 1 amide bonds. The lowest BCUT2D eigenvalue weighted by atomic mass is 10.1. The molecule has 14 heavy (non-hydrogen) atoms. The average Bonchev–Trinajstić information content (AvgIpc) is 2.67. The molecule has 2 rings (SSSR count). The molecule has 1 heterocycles. The zero-order chi connectivity index (χ0) is 10.6. The molecular formula is C11H16N2O. The van der Waals surface area contributed by atoms with Crippen molar-refractivity contribution in [1.29, 1.82) is 0 Å². The average molecular weight is 192 g/mol. The van der Waals surface area contributed by atoms with Crippen LogP contribution in [0.15, 0.2) is 23.2 Å². The molecule has 1 aliphatic rings. The van der Waals surface area contributed by atoms with Crippen molar-refractivity contribution in [2.45, 2.75) is 20.3 Å². The number of nitrogens with two attached hydrogens (primary N) is 1. The maximum absolute atomic E-state index is 10.9. The number of hydrogen-bond acceptors (Lipinski definition) is 2. The molecule has 0 aromatic heterocycles. The predicted octanol–water partition coefficient (Wildman–Crippen LogP) is 2.32. The number of aliphatic imine (C=N–C) groups is 1. The lowest BCUT2D eigenvalue weighted by Gasteiger charge is -2.00. The van der Waals surface area contributed by atoms with Crippen molar-refractivity contribution >= 4 is 17.8 Å². The highest BCUT2D eigenvalue weighted by atomic mass is 16.1. The summed E-state index contributed by atoms with van der Waals surface area (Å²) in [5, 5.41) is 0. The van der Waals surface area contributed by atoms with Crippen molar-refractivity contribution in [2.24, 2.45) is 10.7 Å². The van der Waals surface area contributed by atoms with Crippen molar-refractivity contribution in [1.82, 2.24) is 0 Å². The molecule has 0 bridgehead atoms. The van der Waals surface area contributed by atoms with E-state index < -0.39 is 5.91 Å². The number of carbonyl (C=O) groups excluding carboxylic acids is 1. The van der Waals surface area contributed by atoms with Crippen LogP contribution in [0.3, 0.4) is 0 Å². The van der Waals surface area contributed by atoms with Crippen LogP contribution in [0.4, 0.5) is 5.69 Å². The maximum atomic E-state index is 10.9. The first-order valence-corrected chi connectivity index (χ1v) is 4.73. The van der Waals surface area contributed by atoms with Gasteiger partial charge in [-0.25, -0.2) is 0 Å². The number of nitrogens with zero attached hydrogens (tertiary/aromatic N) is 1. The molecule has 0 aliphatic carbocycles. The summed E-state index contributed by atoms with van der Waals surface area (Å²) in [7, 11) is 0. The smallest absolute Gasteiger partial charge is 0.250 e. The summed E-state index contributed by atoms with van der Waals surface area (Å²) >= 11 is 0. The number of para-hydroxylation sites is 1. The zero-order valence-corrected chi connectivity index (χ0v) is 8.45. The van der Waals surface area contributed by atoms with Gasteiger partial charge < -0.3 is 5.73 Å². The Hall–Kier alpha value is -1.64. The number of carbonyl (C=O) groups is 1. The Bertz CT molecular complexity index is 375. The predicted molar refractivity (Wildman–Crippen MR) is 60.3 cm³/mol. The zero-order valence-electron chi connectivity index (χ0n) is 8.45. The highest BCUT2D eigenvalue weighted by molar-refractivity contribution is 6.00. The van der Waals surface area contributed by atoms with E-state index in [2.05, 4.69) is 4.99 Å². The summed E-state index contributed by atoms with van der Waals surface area (Å²) in [6, 6.07) is 5.48. The fourth-order valence-electron chi connectivity index (χ4n) is 1.34. The maximum Gasteiger partial charge on any atom is 0.250 e. The molecule has 76 valence electrons. The molecule has 0 spiro atoms. The molecule has 1 aromatic carbocycles. The van der Waals surface area contributed by atoms with Gasteiger partial charge in [0.1, 0.15) is 0 Å². The van der Waals surface area contributed by atoms with Crippen LogP contribution in [0.5, 0.6) is 0 Å². The van der Waals surface area contributed by atoms with Gasteiger partial charge >= 0.3 is 0 Å². The third-order valence-corrected chi connectivity index (χ3v) is 1.92. The van der Waals surface area contributed by atoms with Crippen LogP contribution in [0.1, 0.15) is 31.2 Å². The molecule has 1 aromatic rings. The number of benzene rings is 1. The van der Waals surface area contributed by atoms with Gasteiger partial charge in [0.2, 0.25) is 0 Å². The number of primary amides is 1. The second-order valence-corrected chi connectivity index (χ2v) is 2.69. The molecule has 0 fully saturated rings. The summed E-state index contributed by atoms with van der Waals surface area (Å²) in [4.78, 5) is 15.0. The first-order valence-electron chi connectivity index (χ1n) is 4.73. The molecule has 3 heteroatoms. The minimum absolute atomic E-state index is 0. The molecule has 0 unspecified atom stereocenters. The minimum atomic E-state index is -0.411. The van der Waals surface area contributed by atoms with Gasteiger partial charge in [0, 0.05) is 14.1 Å². The van der Waals surface area contributed by atoms with Crippen molar-refractivity contribution in [2.75, 3.05) is 0 Å². The van der Waals surface area contributed by atoms with Gasteiger partial charge in [0.15, 0.2) is 0 Å². The van der Waals surface area contributed by atoms with Crippen LogP contribution in [-0.2, 0) is 6.42 Å². The lowest BCUT2D eigenvalue weighted by Crippen LogP contribution is -2.11. The van der Waals surface area contributed by atoms with Crippen LogP contribution >= 0.6 is 0 Å². The summed E-state index contributed by atoms with van der Waals surface area (Å²) in [6.07, 6.45) is 2.59. The van der Waals surface area contributed by atoms with Crippen molar-refractivity contribution < 1.29 is 6.22 Å². The first kappa shape index (κ1) is 10.4. The minimum Gasteiger partial charge on any atom is -0.366 e. The van der Waals surface area contributed by atoms with Crippen molar-refractivity contribution in [3.63, 3.8) is 0 Å². The highest BCUT2D eigenvalue weighted by Gasteiger charge is 2.13.